The number of benzene rings is 2. The molecule has 0 radical (unpaired) electrons. The number of aryl methyl sites for hydroxylation is 1. The molecule has 2 fully saturated rings. The van der Waals surface area contributed by atoms with Crippen molar-refractivity contribution in [3.63, 3.8) is 0 Å². The van der Waals surface area contributed by atoms with E-state index in [1.807, 2.05) is 46.0 Å². The van der Waals surface area contributed by atoms with Crippen LogP contribution in [0, 0.1) is 0 Å². The van der Waals surface area contributed by atoms with Gasteiger partial charge >= 0.3 is 0 Å². The number of nitrogens with zero attached hydrogens (tertiary/aromatic N) is 6. The maximum atomic E-state index is 12.6. The van der Waals surface area contributed by atoms with Crippen molar-refractivity contribution in [1.29, 1.82) is 0 Å². The van der Waals surface area contributed by atoms with Crippen LogP contribution < -0.4 is 0 Å². The molecule has 174 valence electrons. The van der Waals surface area contributed by atoms with Gasteiger partial charge in [0.25, 0.3) is 0 Å². The molecule has 0 bridgehead atoms. The summed E-state index contributed by atoms with van der Waals surface area (Å²) < 4.78 is 7.52. The average molecular weight is 457 g/mol. The predicted octanol–water partition coefficient (Wildman–Crippen LogP) is 4.35. The van der Waals surface area contributed by atoms with Gasteiger partial charge in [0.05, 0.1) is 17.5 Å². The normalized spacial score (nSPS) is 17.6. The maximum absolute atomic E-state index is 12.6. The fourth-order valence-corrected chi connectivity index (χ4v) is 5.00. The first-order chi connectivity index (χ1) is 16.7. The van der Waals surface area contributed by atoms with E-state index in [1.165, 1.54) is 18.4 Å². The van der Waals surface area contributed by atoms with Crippen molar-refractivity contribution < 1.29 is 9.32 Å². The second-order valence-corrected chi connectivity index (χ2v) is 9.43. The lowest BCUT2D eigenvalue weighted by atomic mass is 9.96. The predicted molar refractivity (Wildman–Crippen MR) is 127 cm³/mol. The summed E-state index contributed by atoms with van der Waals surface area (Å²) in [5.41, 5.74) is 3.58. The van der Waals surface area contributed by atoms with Crippen LogP contribution in [0.5, 0.6) is 0 Å². The van der Waals surface area contributed by atoms with Crippen molar-refractivity contribution >= 4 is 16.9 Å². The van der Waals surface area contributed by atoms with Crippen molar-refractivity contribution in [2.45, 2.75) is 56.9 Å². The molecule has 2 aliphatic rings. The summed E-state index contributed by atoms with van der Waals surface area (Å²) in [5, 5.41) is 12.9. The lowest BCUT2D eigenvalue weighted by molar-refractivity contribution is -0.131. The number of aromatic nitrogens is 5. The van der Waals surface area contributed by atoms with Crippen molar-refractivity contribution in [3.8, 4) is 11.4 Å². The third-order valence-corrected chi connectivity index (χ3v) is 7.18. The first-order valence-electron chi connectivity index (χ1n) is 12.2. The first kappa shape index (κ1) is 21.0. The number of hydrogen-bond acceptors (Lipinski definition) is 6. The molecule has 0 N–H and O–H groups in total. The Bertz CT molecular complexity index is 1300. The van der Waals surface area contributed by atoms with Gasteiger partial charge in [-0.1, -0.05) is 53.5 Å². The van der Waals surface area contributed by atoms with Crippen LogP contribution in [0.2, 0.25) is 0 Å². The third kappa shape index (κ3) is 3.87. The van der Waals surface area contributed by atoms with Gasteiger partial charge in [-0.25, -0.2) is 4.68 Å². The minimum atomic E-state index is -0.153. The highest BCUT2D eigenvalue weighted by Crippen LogP contribution is 2.52. The average Bonchev–Trinajstić information content (AvgIpc) is 3.48. The Labute approximate surface area is 197 Å². The fourth-order valence-electron chi connectivity index (χ4n) is 5.00. The molecule has 1 saturated heterocycles. The van der Waals surface area contributed by atoms with Gasteiger partial charge in [-0.3, -0.25) is 4.79 Å². The molecular formula is C26H28N6O2. The summed E-state index contributed by atoms with van der Waals surface area (Å²) in [6.07, 6.45) is 7.11. The van der Waals surface area contributed by atoms with Crippen LogP contribution in [-0.2, 0) is 16.8 Å². The summed E-state index contributed by atoms with van der Waals surface area (Å²) in [6, 6.07) is 16.2. The zero-order valence-electron chi connectivity index (χ0n) is 19.2. The van der Waals surface area contributed by atoms with Crippen LogP contribution in [0.15, 0.2) is 53.1 Å². The van der Waals surface area contributed by atoms with E-state index in [1.54, 1.807) is 0 Å². The minimum absolute atomic E-state index is 0.153. The van der Waals surface area contributed by atoms with Gasteiger partial charge in [-0.15, -0.1) is 5.10 Å². The second kappa shape index (κ2) is 8.66. The molecule has 1 aliphatic carbocycles. The Morgan fingerprint density at radius 3 is 2.56 bits per heavy atom. The summed E-state index contributed by atoms with van der Waals surface area (Å²) in [5.74, 6) is 1.43. The van der Waals surface area contributed by atoms with Gasteiger partial charge in [0.1, 0.15) is 5.52 Å². The number of carbonyl (C=O) groups excluding carboxylic acids is 1. The maximum Gasteiger partial charge on any atom is 0.237 e. The SMILES string of the molecule is O=C(CCn1nnc2cc(-c3noc(C4(c5ccccc5)CC4)n3)ccc21)N1CCCCCC1. The molecule has 2 aromatic heterocycles. The minimum Gasteiger partial charge on any atom is -0.343 e. The van der Waals surface area contributed by atoms with Crippen LogP contribution >= 0.6 is 0 Å². The Morgan fingerprint density at radius 2 is 1.79 bits per heavy atom. The molecule has 6 rings (SSSR count). The lowest BCUT2D eigenvalue weighted by Crippen LogP contribution is -2.32. The van der Waals surface area contributed by atoms with E-state index < -0.39 is 0 Å². The fraction of sp³-hybridized carbons (Fsp3) is 0.423. The highest BCUT2D eigenvalue weighted by Gasteiger charge is 2.50. The largest absolute Gasteiger partial charge is 0.343 e. The Balaban J connectivity index is 1.18. The van der Waals surface area contributed by atoms with Crippen molar-refractivity contribution in [3.05, 3.63) is 60.0 Å². The van der Waals surface area contributed by atoms with Crippen LogP contribution in [0.25, 0.3) is 22.4 Å². The Kier molecular flexibility index (Phi) is 5.36. The van der Waals surface area contributed by atoms with E-state index in [0.29, 0.717) is 24.7 Å². The zero-order chi connectivity index (χ0) is 23.0. The molecule has 3 heterocycles. The van der Waals surface area contributed by atoms with Crippen LogP contribution in [-0.4, -0.2) is 49.0 Å². The third-order valence-electron chi connectivity index (χ3n) is 7.18. The molecule has 0 spiro atoms. The number of rotatable bonds is 6. The first-order valence-corrected chi connectivity index (χ1v) is 12.2. The Hall–Kier alpha value is -3.55. The molecule has 0 unspecified atom stereocenters. The number of amides is 1. The highest BCUT2D eigenvalue weighted by molar-refractivity contribution is 5.80. The number of carbonyl (C=O) groups is 1. The van der Waals surface area contributed by atoms with Gasteiger partial charge in [-0.05, 0) is 49.4 Å². The van der Waals surface area contributed by atoms with Gasteiger partial charge in [0.2, 0.25) is 17.6 Å². The molecule has 4 aromatic rings. The van der Waals surface area contributed by atoms with E-state index in [0.717, 1.165) is 55.4 Å². The van der Waals surface area contributed by atoms with E-state index >= 15 is 0 Å². The smallest absolute Gasteiger partial charge is 0.237 e. The zero-order valence-corrected chi connectivity index (χ0v) is 19.2. The number of fused-ring (bicyclic) bond motifs is 1. The molecule has 8 heteroatoms. The molecule has 34 heavy (non-hydrogen) atoms. The van der Waals surface area contributed by atoms with E-state index in [9.17, 15) is 4.79 Å². The van der Waals surface area contributed by atoms with Crippen LogP contribution in [0.3, 0.4) is 0 Å². The van der Waals surface area contributed by atoms with Gasteiger partial charge in [0, 0.05) is 25.1 Å². The standard InChI is InChI=1S/C26H28N6O2/c33-23(31-15-6-1-2-7-16-31)12-17-32-22-11-10-19(18-21(22)28-30-32)24-27-25(34-29-24)26(13-14-26)20-8-4-3-5-9-20/h3-5,8-11,18H,1-2,6-7,12-17H2. The van der Waals surface area contributed by atoms with Crippen molar-refractivity contribution in [2.75, 3.05) is 13.1 Å². The molecule has 1 amide bonds. The molecule has 1 aliphatic heterocycles. The van der Waals surface area contributed by atoms with Crippen LogP contribution in [0.4, 0.5) is 0 Å². The molecule has 8 nitrogen and oxygen atoms in total. The van der Waals surface area contributed by atoms with E-state index in [4.69, 9.17) is 9.51 Å². The van der Waals surface area contributed by atoms with Gasteiger partial charge < -0.3 is 9.42 Å². The molecule has 1 saturated carbocycles. The van der Waals surface area contributed by atoms with Crippen molar-refractivity contribution in [1.82, 2.24) is 30.0 Å². The van der Waals surface area contributed by atoms with E-state index in [-0.39, 0.29) is 11.3 Å². The summed E-state index contributed by atoms with van der Waals surface area (Å²) in [6.45, 7) is 2.27. The summed E-state index contributed by atoms with van der Waals surface area (Å²) in [7, 11) is 0. The van der Waals surface area contributed by atoms with Gasteiger partial charge in [-0.2, -0.15) is 4.98 Å². The lowest BCUT2D eigenvalue weighted by Gasteiger charge is -2.20. The Morgan fingerprint density at radius 1 is 1.00 bits per heavy atom. The molecule has 0 atom stereocenters. The van der Waals surface area contributed by atoms with Crippen molar-refractivity contribution in [2.24, 2.45) is 0 Å². The second-order valence-electron chi connectivity index (χ2n) is 9.43. The topological polar surface area (TPSA) is 89.9 Å². The van der Waals surface area contributed by atoms with E-state index in [2.05, 4.69) is 27.6 Å². The summed E-state index contributed by atoms with van der Waals surface area (Å²) in [4.78, 5) is 19.4. The summed E-state index contributed by atoms with van der Waals surface area (Å²) >= 11 is 0. The van der Waals surface area contributed by atoms with Crippen LogP contribution in [0.1, 0.15) is 56.4 Å². The highest BCUT2D eigenvalue weighted by atomic mass is 16.5. The quantitative estimate of drug-likeness (QED) is 0.428. The molecular weight excluding hydrogens is 428 g/mol. The van der Waals surface area contributed by atoms with Gasteiger partial charge in [0.15, 0.2) is 0 Å². The number of likely N-dealkylation sites (tertiary alicyclic amines) is 1. The molecule has 2 aromatic carbocycles. The monoisotopic (exact) mass is 456 g/mol. The number of hydrogen-bond donors (Lipinski definition) is 0.